The van der Waals surface area contributed by atoms with E-state index in [-0.39, 0.29) is 18.1 Å². The van der Waals surface area contributed by atoms with Gasteiger partial charge in [-0.15, -0.1) is 0 Å². The van der Waals surface area contributed by atoms with Gasteiger partial charge in [-0.1, -0.05) is 29.8 Å². The van der Waals surface area contributed by atoms with Crippen LogP contribution in [0.25, 0.3) is 0 Å². The number of hydrogen-bond acceptors (Lipinski definition) is 5. The lowest BCUT2D eigenvalue weighted by molar-refractivity contribution is 0.00266. The van der Waals surface area contributed by atoms with Gasteiger partial charge in [0.05, 0.1) is 13.2 Å². The number of fused-ring (bicyclic) bond motifs is 4. The third kappa shape index (κ3) is 4.70. The molecular weight excluding hydrogens is 392 g/mol. The molecule has 1 N–H and O–H groups in total. The first-order valence-electron chi connectivity index (χ1n) is 11.2. The lowest BCUT2D eigenvalue weighted by Gasteiger charge is -2.44. The summed E-state index contributed by atoms with van der Waals surface area (Å²) >= 11 is 0. The normalized spacial score (nSPS) is 26.5. The van der Waals surface area contributed by atoms with Crippen LogP contribution < -0.4 is 14.8 Å². The van der Waals surface area contributed by atoms with Gasteiger partial charge in [-0.05, 0) is 62.5 Å². The summed E-state index contributed by atoms with van der Waals surface area (Å²) < 4.78 is 17.7. The summed E-state index contributed by atoms with van der Waals surface area (Å²) in [5, 5.41) is 3.24. The van der Waals surface area contributed by atoms with E-state index in [2.05, 4.69) is 41.4 Å². The minimum Gasteiger partial charge on any atom is -0.486 e. The van der Waals surface area contributed by atoms with Gasteiger partial charge in [0.1, 0.15) is 6.61 Å². The Bertz CT molecular complexity index is 922. The maximum absolute atomic E-state index is 12.9. The zero-order valence-electron chi connectivity index (χ0n) is 18.0. The number of amides is 1. The van der Waals surface area contributed by atoms with Crippen molar-refractivity contribution >= 4 is 5.91 Å². The lowest BCUT2D eigenvalue weighted by atomic mass is 9.84. The third-order valence-corrected chi connectivity index (χ3v) is 6.59. The van der Waals surface area contributed by atoms with E-state index in [0.29, 0.717) is 42.8 Å². The minimum atomic E-state index is -0.196. The van der Waals surface area contributed by atoms with Crippen molar-refractivity contribution in [2.75, 3.05) is 32.8 Å². The van der Waals surface area contributed by atoms with Crippen molar-refractivity contribution < 1.29 is 19.0 Å². The molecule has 0 spiro atoms. The molecule has 4 aliphatic rings. The first-order chi connectivity index (χ1) is 15.1. The molecule has 31 heavy (non-hydrogen) atoms. The average molecular weight is 423 g/mol. The maximum Gasteiger partial charge on any atom is 0.251 e. The number of ether oxygens (including phenoxy) is 3. The van der Waals surface area contributed by atoms with Crippen LogP contribution in [0.1, 0.15) is 34.3 Å². The largest absolute Gasteiger partial charge is 0.486 e. The molecule has 6 rings (SSSR count). The van der Waals surface area contributed by atoms with E-state index in [1.165, 1.54) is 18.4 Å². The van der Waals surface area contributed by atoms with Gasteiger partial charge in [-0.2, -0.15) is 0 Å². The van der Waals surface area contributed by atoms with Gasteiger partial charge in [0, 0.05) is 18.2 Å². The second kappa shape index (κ2) is 8.89. The number of hydrogen-bond donors (Lipinski definition) is 1. The molecule has 0 radical (unpaired) electrons. The van der Waals surface area contributed by atoms with Crippen molar-refractivity contribution in [1.29, 1.82) is 0 Å². The second-order valence-electron chi connectivity index (χ2n) is 8.93. The van der Waals surface area contributed by atoms with Gasteiger partial charge in [0.15, 0.2) is 17.6 Å². The highest BCUT2D eigenvalue weighted by Gasteiger charge is 2.35. The monoisotopic (exact) mass is 422 g/mol. The first-order valence-corrected chi connectivity index (χ1v) is 11.2. The molecule has 0 saturated carbocycles. The maximum atomic E-state index is 12.9. The van der Waals surface area contributed by atoms with Crippen LogP contribution in [-0.2, 0) is 11.3 Å². The molecule has 2 aromatic rings. The van der Waals surface area contributed by atoms with Gasteiger partial charge >= 0.3 is 0 Å². The SMILES string of the molecule is Cc1ccc(COC[C@H]2COc3ccc(C(=O)N[C@H]4CN5CCC4CC5)cc3O2)cc1. The van der Waals surface area contributed by atoms with E-state index in [1.54, 1.807) is 6.07 Å². The summed E-state index contributed by atoms with van der Waals surface area (Å²) in [5.74, 6) is 1.84. The quantitative estimate of drug-likeness (QED) is 0.775. The molecule has 3 fully saturated rings. The Balaban J connectivity index is 1.16. The number of benzene rings is 2. The Hall–Kier alpha value is -2.57. The summed E-state index contributed by atoms with van der Waals surface area (Å²) in [7, 11) is 0. The van der Waals surface area contributed by atoms with Crippen LogP contribution in [0.2, 0.25) is 0 Å². The standard InChI is InChI=1S/C25H30N2O4/c1-17-2-4-18(5-3-17)14-29-15-21-16-30-23-7-6-20(12-24(23)31-21)25(28)26-22-13-27-10-8-19(22)9-11-27/h2-7,12,19,21-22H,8-11,13-16H2,1H3,(H,26,28)/t21-,22-/m0/s1. The van der Waals surface area contributed by atoms with Gasteiger partial charge in [-0.25, -0.2) is 0 Å². The molecule has 4 heterocycles. The summed E-state index contributed by atoms with van der Waals surface area (Å²) in [6.45, 7) is 6.76. The van der Waals surface area contributed by atoms with Crippen LogP contribution in [0.5, 0.6) is 11.5 Å². The van der Waals surface area contributed by atoms with Gasteiger partial charge in [0.25, 0.3) is 5.91 Å². The van der Waals surface area contributed by atoms with Crippen LogP contribution in [-0.4, -0.2) is 55.8 Å². The van der Waals surface area contributed by atoms with Crippen molar-refractivity contribution in [2.24, 2.45) is 5.92 Å². The molecule has 4 aliphatic heterocycles. The van der Waals surface area contributed by atoms with Crippen molar-refractivity contribution in [3.8, 4) is 11.5 Å². The fraction of sp³-hybridized carbons (Fsp3) is 0.480. The average Bonchev–Trinajstić information content (AvgIpc) is 2.81. The third-order valence-electron chi connectivity index (χ3n) is 6.59. The van der Waals surface area contributed by atoms with E-state index >= 15 is 0 Å². The van der Waals surface area contributed by atoms with Gasteiger partial charge in [0.2, 0.25) is 0 Å². The molecule has 0 unspecified atom stereocenters. The molecule has 2 atom stereocenters. The van der Waals surface area contributed by atoms with Crippen LogP contribution in [0.15, 0.2) is 42.5 Å². The predicted molar refractivity (Wildman–Crippen MR) is 118 cm³/mol. The van der Waals surface area contributed by atoms with Crippen LogP contribution in [0.3, 0.4) is 0 Å². The topological polar surface area (TPSA) is 60.0 Å². The molecule has 0 aromatic heterocycles. The Morgan fingerprint density at radius 3 is 2.68 bits per heavy atom. The van der Waals surface area contributed by atoms with Crippen LogP contribution in [0.4, 0.5) is 0 Å². The number of rotatable bonds is 6. The van der Waals surface area contributed by atoms with Crippen LogP contribution in [0, 0.1) is 12.8 Å². The number of nitrogens with one attached hydrogen (secondary N) is 1. The summed E-state index contributed by atoms with van der Waals surface area (Å²) in [6.07, 6.45) is 2.16. The summed E-state index contributed by atoms with van der Waals surface area (Å²) in [6, 6.07) is 14.0. The molecule has 1 amide bonds. The Labute approximate surface area is 183 Å². The summed E-state index contributed by atoms with van der Waals surface area (Å²) in [5.41, 5.74) is 2.98. The van der Waals surface area contributed by atoms with E-state index in [0.717, 1.165) is 25.2 Å². The summed E-state index contributed by atoms with van der Waals surface area (Å²) in [4.78, 5) is 15.3. The zero-order chi connectivity index (χ0) is 21.2. The van der Waals surface area contributed by atoms with Gasteiger partial charge in [-0.3, -0.25) is 4.79 Å². The van der Waals surface area contributed by atoms with Crippen molar-refractivity contribution in [1.82, 2.24) is 10.2 Å². The first kappa shape index (κ1) is 20.3. The molecule has 3 saturated heterocycles. The number of aryl methyl sites for hydroxylation is 1. The number of nitrogens with zero attached hydrogens (tertiary/aromatic N) is 1. The van der Waals surface area contributed by atoms with E-state index in [9.17, 15) is 4.79 Å². The fourth-order valence-electron chi connectivity index (χ4n) is 4.71. The molecule has 6 nitrogen and oxygen atoms in total. The highest BCUT2D eigenvalue weighted by atomic mass is 16.6. The van der Waals surface area contributed by atoms with Crippen LogP contribution >= 0.6 is 0 Å². The second-order valence-corrected chi connectivity index (χ2v) is 8.93. The number of carbonyl (C=O) groups is 1. The Kier molecular flexibility index (Phi) is 5.83. The van der Waals surface area contributed by atoms with Crippen molar-refractivity contribution in [2.45, 2.75) is 38.5 Å². The fourth-order valence-corrected chi connectivity index (χ4v) is 4.71. The smallest absolute Gasteiger partial charge is 0.251 e. The molecule has 164 valence electrons. The Morgan fingerprint density at radius 1 is 1.13 bits per heavy atom. The van der Waals surface area contributed by atoms with E-state index in [4.69, 9.17) is 14.2 Å². The molecule has 2 bridgehead atoms. The zero-order valence-corrected chi connectivity index (χ0v) is 18.0. The predicted octanol–water partition coefficient (Wildman–Crippen LogP) is 3.18. The molecular formula is C25H30N2O4. The molecule has 6 heteroatoms. The highest BCUT2D eigenvalue weighted by Crippen LogP contribution is 2.33. The van der Waals surface area contributed by atoms with E-state index in [1.807, 2.05) is 12.1 Å². The minimum absolute atomic E-state index is 0.0390. The number of carbonyl (C=O) groups excluding carboxylic acids is 1. The van der Waals surface area contributed by atoms with Gasteiger partial charge < -0.3 is 24.4 Å². The molecule has 0 aliphatic carbocycles. The highest BCUT2D eigenvalue weighted by molar-refractivity contribution is 5.95. The molecule has 2 aromatic carbocycles. The lowest BCUT2D eigenvalue weighted by Crippen LogP contribution is -2.57. The number of piperidine rings is 3. The van der Waals surface area contributed by atoms with Crippen molar-refractivity contribution in [3.63, 3.8) is 0 Å². The Morgan fingerprint density at radius 2 is 1.94 bits per heavy atom. The van der Waals surface area contributed by atoms with E-state index < -0.39 is 0 Å². The van der Waals surface area contributed by atoms with Crippen molar-refractivity contribution in [3.05, 3.63) is 59.2 Å².